The Morgan fingerprint density at radius 3 is 2.62 bits per heavy atom. The van der Waals surface area contributed by atoms with Crippen molar-refractivity contribution >= 4 is 35.0 Å². The standard InChI is InChI=1S/C19H20Cl2N2O3/c20-12-6-14(18(25)15(21)7-12)19(26)22-16-8-13-5-11(16)9-23(13)17(24)4-10-2-1-3-10/h4,6-7,11,13,16,25H,1-3,5,8-9H2,(H,22,26)/t11-,13-,16-/m1/s1. The Hall–Kier alpha value is -1.72. The van der Waals surface area contributed by atoms with Crippen LogP contribution in [-0.2, 0) is 4.79 Å². The lowest BCUT2D eigenvalue weighted by Gasteiger charge is -2.32. The molecule has 0 unspecified atom stereocenters. The van der Waals surface area contributed by atoms with Gasteiger partial charge in [-0.05, 0) is 50.2 Å². The third kappa shape index (κ3) is 3.19. The summed E-state index contributed by atoms with van der Waals surface area (Å²) in [6.45, 7) is 0.667. The summed E-state index contributed by atoms with van der Waals surface area (Å²) in [5.74, 6) is -0.305. The molecule has 138 valence electrons. The number of amides is 2. The molecule has 0 spiro atoms. The van der Waals surface area contributed by atoms with Crippen LogP contribution in [-0.4, -0.2) is 40.4 Å². The zero-order valence-electron chi connectivity index (χ0n) is 14.2. The zero-order valence-corrected chi connectivity index (χ0v) is 15.7. The van der Waals surface area contributed by atoms with Crippen LogP contribution in [0.5, 0.6) is 5.75 Å². The number of phenolic OH excluding ortho intramolecular Hbond substituents is 1. The van der Waals surface area contributed by atoms with E-state index in [1.807, 2.05) is 4.90 Å². The van der Waals surface area contributed by atoms with E-state index in [2.05, 4.69) is 5.32 Å². The van der Waals surface area contributed by atoms with E-state index in [-0.39, 0.29) is 46.2 Å². The van der Waals surface area contributed by atoms with Gasteiger partial charge in [-0.2, -0.15) is 0 Å². The molecule has 4 rings (SSSR count). The van der Waals surface area contributed by atoms with Gasteiger partial charge in [-0.3, -0.25) is 9.59 Å². The van der Waals surface area contributed by atoms with Crippen molar-refractivity contribution in [1.82, 2.24) is 10.2 Å². The number of nitrogens with zero attached hydrogens (tertiary/aromatic N) is 1. The number of aromatic hydroxyl groups is 1. The van der Waals surface area contributed by atoms with Crippen LogP contribution in [0.3, 0.4) is 0 Å². The van der Waals surface area contributed by atoms with Crippen molar-refractivity contribution in [1.29, 1.82) is 0 Å². The predicted octanol–water partition coefficient (Wildman–Crippen LogP) is 3.53. The first kappa shape index (κ1) is 17.7. The van der Waals surface area contributed by atoms with Crippen molar-refractivity contribution in [3.8, 4) is 5.75 Å². The number of benzene rings is 1. The van der Waals surface area contributed by atoms with Crippen molar-refractivity contribution in [2.45, 2.75) is 44.2 Å². The Morgan fingerprint density at radius 1 is 1.23 bits per heavy atom. The summed E-state index contributed by atoms with van der Waals surface area (Å²) < 4.78 is 0. The van der Waals surface area contributed by atoms with Crippen molar-refractivity contribution in [3.63, 3.8) is 0 Å². The second kappa shape index (κ2) is 6.78. The number of fused-ring (bicyclic) bond motifs is 2. The summed E-state index contributed by atoms with van der Waals surface area (Å²) >= 11 is 11.8. The molecule has 1 heterocycles. The van der Waals surface area contributed by atoms with Gasteiger partial charge in [0.05, 0.1) is 10.6 Å². The van der Waals surface area contributed by atoms with Crippen LogP contribution in [0.4, 0.5) is 0 Å². The molecule has 7 heteroatoms. The van der Waals surface area contributed by atoms with Crippen molar-refractivity contribution in [2.24, 2.45) is 5.92 Å². The Balaban J connectivity index is 1.40. The van der Waals surface area contributed by atoms with Crippen LogP contribution in [0.1, 0.15) is 42.5 Å². The van der Waals surface area contributed by atoms with Gasteiger partial charge in [-0.25, -0.2) is 0 Å². The third-order valence-electron chi connectivity index (χ3n) is 5.74. The molecule has 3 atom stereocenters. The summed E-state index contributed by atoms with van der Waals surface area (Å²) in [7, 11) is 0. The van der Waals surface area contributed by atoms with Crippen LogP contribution >= 0.6 is 23.2 Å². The first-order chi connectivity index (χ1) is 12.4. The summed E-state index contributed by atoms with van der Waals surface area (Å²) in [5.41, 5.74) is 1.32. The van der Waals surface area contributed by atoms with Crippen LogP contribution in [0.25, 0.3) is 0 Å². The largest absolute Gasteiger partial charge is 0.506 e. The van der Waals surface area contributed by atoms with E-state index in [1.165, 1.54) is 24.1 Å². The van der Waals surface area contributed by atoms with Gasteiger partial charge in [0.2, 0.25) is 5.91 Å². The van der Waals surface area contributed by atoms with E-state index in [4.69, 9.17) is 23.2 Å². The van der Waals surface area contributed by atoms with Gasteiger partial charge in [-0.1, -0.05) is 28.8 Å². The van der Waals surface area contributed by atoms with Crippen molar-refractivity contribution < 1.29 is 14.7 Å². The van der Waals surface area contributed by atoms with Crippen molar-refractivity contribution in [2.75, 3.05) is 6.54 Å². The van der Waals surface area contributed by atoms with Gasteiger partial charge in [0.25, 0.3) is 5.91 Å². The van der Waals surface area contributed by atoms with Crippen LogP contribution in [0.15, 0.2) is 23.8 Å². The quantitative estimate of drug-likeness (QED) is 0.770. The Morgan fingerprint density at radius 2 is 2.00 bits per heavy atom. The number of hydrogen-bond donors (Lipinski definition) is 2. The molecule has 5 nitrogen and oxygen atoms in total. The molecule has 2 N–H and O–H groups in total. The maximum atomic E-state index is 12.5. The maximum Gasteiger partial charge on any atom is 0.255 e. The lowest BCUT2D eigenvalue weighted by molar-refractivity contribution is -0.127. The van der Waals surface area contributed by atoms with Crippen LogP contribution in [0.2, 0.25) is 10.0 Å². The SMILES string of the molecule is O=C(N[C@@H]1C[C@H]2C[C@@H]1CN2C(=O)C=C1CCC1)c1cc(Cl)cc(Cl)c1O. The number of carbonyl (C=O) groups is 2. The normalized spacial score (nSPS) is 26.6. The minimum absolute atomic E-state index is 0.00920. The number of halogens is 2. The van der Waals surface area contributed by atoms with Crippen molar-refractivity contribution in [3.05, 3.63) is 39.4 Å². The maximum absolute atomic E-state index is 12.5. The molecule has 2 saturated carbocycles. The topological polar surface area (TPSA) is 69.6 Å². The molecule has 2 bridgehead atoms. The van der Waals surface area contributed by atoms with Gasteiger partial charge in [0, 0.05) is 29.7 Å². The minimum atomic E-state index is -0.390. The molecule has 26 heavy (non-hydrogen) atoms. The van der Waals surface area contributed by atoms with Gasteiger partial charge >= 0.3 is 0 Å². The molecule has 2 aliphatic carbocycles. The highest BCUT2D eigenvalue weighted by Crippen LogP contribution is 2.39. The summed E-state index contributed by atoms with van der Waals surface area (Å²) in [5, 5.41) is 13.3. The first-order valence-corrected chi connectivity index (χ1v) is 9.67. The molecule has 0 aromatic heterocycles. The fourth-order valence-electron chi connectivity index (χ4n) is 4.17. The Kier molecular flexibility index (Phi) is 4.61. The smallest absolute Gasteiger partial charge is 0.255 e. The monoisotopic (exact) mass is 394 g/mol. The number of likely N-dealkylation sites (tertiary alicyclic amines) is 1. The van der Waals surface area contributed by atoms with E-state index in [1.54, 1.807) is 6.08 Å². The van der Waals surface area contributed by atoms with E-state index >= 15 is 0 Å². The van der Waals surface area contributed by atoms with Gasteiger partial charge in [0.1, 0.15) is 5.75 Å². The van der Waals surface area contributed by atoms with E-state index < -0.39 is 0 Å². The minimum Gasteiger partial charge on any atom is -0.506 e. The average molecular weight is 395 g/mol. The fourth-order valence-corrected chi connectivity index (χ4v) is 4.66. The second-order valence-corrected chi connectivity index (χ2v) is 8.24. The van der Waals surface area contributed by atoms with Gasteiger partial charge in [0.15, 0.2) is 0 Å². The molecular formula is C19H20Cl2N2O3. The van der Waals surface area contributed by atoms with Gasteiger partial charge in [-0.15, -0.1) is 0 Å². The Labute approximate surface area is 162 Å². The van der Waals surface area contributed by atoms with E-state index in [9.17, 15) is 14.7 Å². The molecule has 2 amide bonds. The number of allylic oxidation sites excluding steroid dienone is 1. The number of piperidine rings is 1. The molecule has 1 saturated heterocycles. The van der Waals surface area contributed by atoms with Crippen LogP contribution in [0, 0.1) is 5.92 Å². The summed E-state index contributed by atoms with van der Waals surface area (Å²) in [6, 6.07) is 2.97. The number of phenols is 1. The predicted molar refractivity (Wildman–Crippen MR) is 99.5 cm³/mol. The zero-order chi connectivity index (χ0) is 18.4. The van der Waals surface area contributed by atoms with E-state index in [0.717, 1.165) is 25.7 Å². The number of rotatable bonds is 3. The molecule has 3 fully saturated rings. The molecule has 0 radical (unpaired) electrons. The fraction of sp³-hybridized carbons (Fsp3) is 0.474. The molecule has 1 aliphatic heterocycles. The lowest BCUT2D eigenvalue weighted by atomic mass is 9.92. The lowest BCUT2D eigenvalue weighted by Crippen LogP contribution is -2.47. The summed E-state index contributed by atoms with van der Waals surface area (Å²) in [6.07, 6.45) is 6.70. The highest BCUT2D eigenvalue weighted by Gasteiger charge is 2.46. The summed E-state index contributed by atoms with van der Waals surface area (Å²) in [4.78, 5) is 26.9. The average Bonchev–Trinajstić information content (AvgIpc) is 3.14. The second-order valence-electron chi connectivity index (χ2n) is 7.40. The molecule has 1 aromatic carbocycles. The van der Waals surface area contributed by atoms with Crippen LogP contribution < -0.4 is 5.32 Å². The third-order valence-corrected chi connectivity index (χ3v) is 6.24. The molecular weight excluding hydrogens is 375 g/mol. The van der Waals surface area contributed by atoms with E-state index in [0.29, 0.717) is 11.6 Å². The molecule has 1 aromatic rings. The number of nitrogens with one attached hydrogen (secondary N) is 1. The Bertz CT molecular complexity index is 802. The molecule has 3 aliphatic rings. The van der Waals surface area contributed by atoms with Gasteiger partial charge < -0.3 is 15.3 Å². The number of carbonyl (C=O) groups excluding carboxylic acids is 2. The highest BCUT2D eigenvalue weighted by molar-refractivity contribution is 6.36. The number of hydrogen-bond acceptors (Lipinski definition) is 3. The first-order valence-electron chi connectivity index (χ1n) is 8.91. The highest BCUT2D eigenvalue weighted by atomic mass is 35.5.